The highest BCUT2D eigenvalue weighted by Gasteiger charge is 2.12. The number of hydrogen-bond acceptors (Lipinski definition) is 4. The average Bonchev–Trinajstić information content (AvgIpc) is 2.20. The Bertz CT molecular complexity index is 267. The highest BCUT2D eigenvalue weighted by Crippen LogP contribution is 1.93. The molecule has 0 rings (SSSR count). The molecule has 1 unspecified atom stereocenters. The van der Waals surface area contributed by atoms with Gasteiger partial charge in [0, 0.05) is 6.54 Å². The molecular formula is C8H18N6O2. The lowest BCUT2D eigenvalue weighted by Gasteiger charge is -2.11. The van der Waals surface area contributed by atoms with E-state index in [9.17, 15) is 9.59 Å². The molecule has 0 saturated carbocycles. The highest BCUT2D eigenvalue weighted by atomic mass is 16.2. The molecule has 0 bridgehead atoms. The van der Waals surface area contributed by atoms with E-state index in [2.05, 4.69) is 10.6 Å². The van der Waals surface area contributed by atoms with Crippen molar-refractivity contribution in [1.29, 1.82) is 5.41 Å². The third-order valence-corrected chi connectivity index (χ3v) is 1.78. The van der Waals surface area contributed by atoms with E-state index in [-0.39, 0.29) is 12.5 Å². The first-order valence-corrected chi connectivity index (χ1v) is 4.83. The van der Waals surface area contributed by atoms with Crippen LogP contribution in [0, 0.1) is 5.41 Å². The zero-order valence-corrected chi connectivity index (χ0v) is 8.95. The molecule has 0 aromatic carbocycles. The van der Waals surface area contributed by atoms with E-state index in [1.54, 1.807) is 0 Å². The average molecular weight is 230 g/mol. The van der Waals surface area contributed by atoms with Gasteiger partial charge in [0.25, 0.3) is 0 Å². The molecule has 0 spiro atoms. The smallest absolute Gasteiger partial charge is 0.237 e. The van der Waals surface area contributed by atoms with E-state index >= 15 is 0 Å². The number of rotatable bonds is 7. The summed E-state index contributed by atoms with van der Waals surface area (Å²) in [5, 5.41) is 11.8. The van der Waals surface area contributed by atoms with Gasteiger partial charge in [0.05, 0.1) is 12.6 Å². The number of guanidine groups is 1. The minimum Gasteiger partial charge on any atom is -0.370 e. The minimum atomic E-state index is -0.687. The molecule has 16 heavy (non-hydrogen) atoms. The maximum atomic E-state index is 11.2. The van der Waals surface area contributed by atoms with Crippen LogP contribution in [0.15, 0.2) is 0 Å². The van der Waals surface area contributed by atoms with Crippen LogP contribution in [0.3, 0.4) is 0 Å². The van der Waals surface area contributed by atoms with Crippen molar-refractivity contribution in [2.75, 3.05) is 13.1 Å². The van der Waals surface area contributed by atoms with Crippen LogP contribution in [-0.2, 0) is 9.59 Å². The van der Waals surface area contributed by atoms with Crippen LogP contribution >= 0.6 is 0 Å². The molecule has 1 atom stereocenters. The Hall–Kier alpha value is -1.83. The third kappa shape index (κ3) is 7.56. The van der Waals surface area contributed by atoms with E-state index in [0.717, 1.165) is 0 Å². The predicted octanol–water partition coefficient (Wildman–Crippen LogP) is -2.82. The Morgan fingerprint density at radius 2 is 1.88 bits per heavy atom. The summed E-state index contributed by atoms with van der Waals surface area (Å²) in [6.45, 7) is 0.268. The van der Waals surface area contributed by atoms with Crippen LogP contribution in [0.25, 0.3) is 0 Å². The molecule has 0 fully saturated rings. The molecule has 0 aromatic rings. The second-order valence-corrected chi connectivity index (χ2v) is 3.27. The standard InChI is InChI=1S/C8H18N6O2/c9-5(2-1-3-13-8(11)12)7(16)14-4-6(10)15/h5H,1-4,9H2,(H2,10,15)(H,14,16)(H4,11,12,13). The molecule has 2 amide bonds. The number of hydrogen-bond donors (Lipinski definition) is 6. The Labute approximate surface area is 93.4 Å². The van der Waals surface area contributed by atoms with Gasteiger partial charge < -0.3 is 27.8 Å². The van der Waals surface area contributed by atoms with Crippen molar-refractivity contribution in [3.63, 3.8) is 0 Å². The summed E-state index contributed by atoms with van der Waals surface area (Å²) >= 11 is 0. The van der Waals surface area contributed by atoms with Gasteiger partial charge in [-0.25, -0.2) is 0 Å². The van der Waals surface area contributed by atoms with Crippen LogP contribution in [0.5, 0.6) is 0 Å². The van der Waals surface area contributed by atoms with Crippen molar-refractivity contribution in [1.82, 2.24) is 10.6 Å². The molecule has 8 nitrogen and oxygen atoms in total. The summed E-state index contributed by atoms with van der Waals surface area (Å²) in [6.07, 6.45) is 1.04. The van der Waals surface area contributed by atoms with Crippen molar-refractivity contribution < 1.29 is 9.59 Å². The first kappa shape index (κ1) is 14.2. The van der Waals surface area contributed by atoms with E-state index in [0.29, 0.717) is 19.4 Å². The second kappa shape index (κ2) is 7.46. The van der Waals surface area contributed by atoms with Gasteiger partial charge in [-0.05, 0) is 12.8 Å². The van der Waals surface area contributed by atoms with E-state index in [1.165, 1.54) is 0 Å². The summed E-state index contributed by atoms with van der Waals surface area (Å²) < 4.78 is 0. The highest BCUT2D eigenvalue weighted by molar-refractivity contribution is 5.86. The number of nitrogens with one attached hydrogen (secondary N) is 3. The van der Waals surface area contributed by atoms with E-state index in [1.807, 2.05) is 0 Å². The summed E-state index contributed by atoms with van der Waals surface area (Å²) in [5.74, 6) is -1.15. The lowest BCUT2D eigenvalue weighted by atomic mass is 10.1. The van der Waals surface area contributed by atoms with Crippen molar-refractivity contribution in [3.8, 4) is 0 Å². The van der Waals surface area contributed by atoms with Crippen molar-refractivity contribution in [2.45, 2.75) is 18.9 Å². The first-order valence-electron chi connectivity index (χ1n) is 4.83. The van der Waals surface area contributed by atoms with Crippen LogP contribution in [-0.4, -0.2) is 36.9 Å². The maximum absolute atomic E-state index is 11.2. The molecule has 92 valence electrons. The molecule has 0 heterocycles. The lowest BCUT2D eigenvalue weighted by Crippen LogP contribution is -2.44. The molecule has 9 N–H and O–H groups in total. The molecule has 8 heteroatoms. The molecule has 0 aliphatic carbocycles. The first-order chi connectivity index (χ1) is 7.43. The fourth-order valence-electron chi connectivity index (χ4n) is 0.981. The number of carbonyl (C=O) groups is 2. The zero-order chi connectivity index (χ0) is 12.6. The van der Waals surface area contributed by atoms with E-state index < -0.39 is 17.9 Å². The van der Waals surface area contributed by atoms with Gasteiger partial charge in [0.1, 0.15) is 0 Å². The molecule has 0 aliphatic heterocycles. The second-order valence-electron chi connectivity index (χ2n) is 3.27. The van der Waals surface area contributed by atoms with Gasteiger partial charge in [0.15, 0.2) is 5.96 Å². The third-order valence-electron chi connectivity index (χ3n) is 1.78. The summed E-state index contributed by atoms with van der Waals surface area (Å²) in [4.78, 5) is 21.6. The minimum absolute atomic E-state index is 0.119. The topological polar surface area (TPSA) is 160 Å². The van der Waals surface area contributed by atoms with Crippen LogP contribution in [0.4, 0.5) is 0 Å². The molecule has 0 aromatic heterocycles. The zero-order valence-electron chi connectivity index (χ0n) is 8.95. The van der Waals surface area contributed by atoms with Gasteiger partial charge in [-0.1, -0.05) is 0 Å². The molecule has 0 radical (unpaired) electrons. The van der Waals surface area contributed by atoms with Crippen molar-refractivity contribution >= 4 is 17.8 Å². The van der Waals surface area contributed by atoms with Crippen LogP contribution < -0.4 is 27.8 Å². The van der Waals surface area contributed by atoms with Crippen molar-refractivity contribution in [2.24, 2.45) is 17.2 Å². The number of amides is 2. The maximum Gasteiger partial charge on any atom is 0.237 e. The summed E-state index contributed by atoms with van der Waals surface area (Å²) in [5.41, 5.74) is 15.5. The molecular weight excluding hydrogens is 212 g/mol. The van der Waals surface area contributed by atoms with Gasteiger partial charge >= 0.3 is 0 Å². The number of primary amides is 1. The summed E-state index contributed by atoms with van der Waals surface area (Å²) in [7, 11) is 0. The fourth-order valence-corrected chi connectivity index (χ4v) is 0.981. The number of nitrogens with two attached hydrogens (primary N) is 3. The Balaban J connectivity index is 3.62. The monoisotopic (exact) mass is 230 g/mol. The fraction of sp³-hybridized carbons (Fsp3) is 0.625. The Morgan fingerprint density at radius 3 is 2.38 bits per heavy atom. The largest absolute Gasteiger partial charge is 0.370 e. The van der Waals surface area contributed by atoms with Gasteiger partial charge in [-0.15, -0.1) is 0 Å². The van der Waals surface area contributed by atoms with Crippen LogP contribution in [0.2, 0.25) is 0 Å². The van der Waals surface area contributed by atoms with Gasteiger partial charge in [-0.2, -0.15) is 0 Å². The predicted molar refractivity (Wildman–Crippen MR) is 59.3 cm³/mol. The molecule has 0 saturated heterocycles. The van der Waals surface area contributed by atoms with Gasteiger partial charge in [0.2, 0.25) is 11.8 Å². The van der Waals surface area contributed by atoms with Crippen LogP contribution in [0.1, 0.15) is 12.8 Å². The van der Waals surface area contributed by atoms with E-state index in [4.69, 9.17) is 22.6 Å². The van der Waals surface area contributed by atoms with Crippen molar-refractivity contribution in [3.05, 3.63) is 0 Å². The Morgan fingerprint density at radius 1 is 1.25 bits per heavy atom. The quantitative estimate of drug-likeness (QED) is 0.158. The SMILES string of the molecule is N=C(N)NCCCC(N)C(=O)NCC(N)=O. The lowest BCUT2D eigenvalue weighted by molar-refractivity contribution is -0.125. The summed E-state index contributed by atoms with van der Waals surface area (Å²) in [6, 6.07) is -0.687. The Kier molecular flexibility index (Phi) is 6.61. The number of carbonyl (C=O) groups excluding carboxylic acids is 2. The van der Waals surface area contributed by atoms with Gasteiger partial charge in [-0.3, -0.25) is 15.0 Å². The normalized spacial score (nSPS) is 11.6. The molecule has 0 aliphatic rings.